The highest BCUT2D eigenvalue weighted by atomic mass is 32.2. The van der Waals surface area contributed by atoms with Crippen LogP contribution in [0, 0.1) is 0 Å². The molecule has 0 N–H and O–H groups in total. The van der Waals surface area contributed by atoms with E-state index < -0.39 is 0 Å². The van der Waals surface area contributed by atoms with E-state index in [2.05, 4.69) is 174 Å². The lowest BCUT2D eigenvalue weighted by atomic mass is 10.0. The Morgan fingerprint density at radius 2 is 0.926 bits per heavy atom. The number of hydrogen-bond acceptors (Lipinski definition) is 6. The smallest absolute Gasteiger partial charge is 0.165 e. The van der Waals surface area contributed by atoms with Crippen molar-refractivity contribution in [1.29, 1.82) is 0 Å². The van der Waals surface area contributed by atoms with E-state index in [1.807, 2.05) is 12.3 Å². The second kappa shape index (κ2) is 12.4. The molecule has 0 fully saturated rings. The van der Waals surface area contributed by atoms with E-state index in [-0.39, 0.29) is 0 Å². The highest BCUT2D eigenvalue weighted by Gasteiger charge is 2.29. The second-order valence-corrected chi connectivity index (χ2v) is 14.5. The lowest BCUT2D eigenvalue weighted by Gasteiger charge is -2.34. The first-order valence-electron chi connectivity index (χ1n) is 18.0. The lowest BCUT2D eigenvalue weighted by molar-refractivity contribution is 1.07. The van der Waals surface area contributed by atoms with Crippen LogP contribution in [0.5, 0.6) is 0 Å². The van der Waals surface area contributed by atoms with E-state index in [4.69, 9.17) is 15.0 Å². The Bertz CT molecular complexity index is 3010. The number of nitrogens with zero attached hydrogens (tertiary/aromatic N) is 5. The Hall–Kier alpha value is -6.89. The number of para-hydroxylation sites is 1. The molecule has 0 aliphatic carbocycles. The summed E-state index contributed by atoms with van der Waals surface area (Å²) >= 11 is 1.77. The third-order valence-electron chi connectivity index (χ3n) is 10.3. The number of hydrogen-bond donors (Lipinski definition) is 0. The van der Waals surface area contributed by atoms with Crippen molar-refractivity contribution in [3.8, 4) is 34.2 Å². The van der Waals surface area contributed by atoms with Gasteiger partial charge in [-0.25, -0.2) is 15.0 Å². The Labute approximate surface area is 315 Å². The number of anilines is 3. The standard InChI is InChI=1S/C48H29N5S/c1-3-18-34-30(12-1)14-7-20-36(34)46-50-47(37-21-8-15-31-13-2-4-19-35(31)37)52-48(51-46)38-22-10-25-43-45(38)54-44-26-6-5-23-42(44)53(43)41-24-9-16-32-29-40-33(28-39(32)41)17-11-27-49-40/h1-29H. The van der Waals surface area contributed by atoms with Gasteiger partial charge in [-0.2, -0.15) is 0 Å². The molecule has 0 amide bonds. The van der Waals surface area contributed by atoms with Gasteiger partial charge >= 0.3 is 0 Å². The largest absolute Gasteiger partial charge is 0.308 e. The normalized spacial score (nSPS) is 12.3. The monoisotopic (exact) mass is 707 g/mol. The summed E-state index contributed by atoms with van der Waals surface area (Å²) in [5.41, 5.74) is 7.20. The van der Waals surface area contributed by atoms with Crippen LogP contribution in [-0.2, 0) is 0 Å². The fourth-order valence-corrected chi connectivity index (χ4v) is 8.98. The molecule has 6 heteroatoms. The summed E-state index contributed by atoms with van der Waals surface area (Å²) in [4.78, 5) is 25.1. The van der Waals surface area contributed by atoms with Crippen LogP contribution in [0.1, 0.15) is 0 Å². The van der Waals surface area contributed by atoms with Crippen molar-refractivity contribution in [3.05, 3.63) is 176 Å². The predicted molar refractivity (Wildman–Crippen MR) is 223 cm³/mol. The number of aromatic nitrogens is 4. The van der Waals surface area contributed by atoms with Crippen molar-refractivity contribution in [2.24, 2.45) is 0 Å². The molecule has 0 bridgehead atoms. The number of benzene rings is 8. The molecule has 8 aromatic carbocycles. The summed E-state index contributed by atoms with van der Waals surface area (Å²) in [7, 11) is 0. The van der Waals surface area contributed by atoms with Gasteiger partial charge in [0.05, 0.1) is 22.6 Å². The van der Waals surface area contributed by atoms with Gasteiger partial charge in [-0.05, 0) is 75.5 Å². The molecule has 11 rings (SSSR count). The van der Waals surface area contributed by atoms with Crippen molar-refractivity contribution in [2.75, 3.05) is 4.90 Å². The Kier molecular flexibility index (Phi) is 7.03. The molecule has 54 heavy (non-hydrogen) atoms. The maximum Gasteiger partial charge on any atom is 0.165 e. The van der Waals surface area contributed by atoms with E-state index in [0.29, 0.717) is 17.5 Å². The first kappa shape index (κ1) is 30.7. The molecule has 0 unspecified atom stereocenters. The van der Waals surface area contributed by atoms with Gasteiger partial charge in [-0.1, -0.05) is 133 Å². The summed E-state index contributed by atoms with van der Waals surface area (Å²) in [6, 6.07) is 59.7. The molecule has 0 spiro atoms. The molecule has 1 aliphatic heterocycles. The molecule has 1 aliphatic rings. The van der Waals surface area contributed by atoms with Gasteiger partial charge in [0, 0.05) is 43.5 Å². The van der Waals surface area contributed by atoms with Crippen LogP contribution in [0.3, 0.4) is 0 Å². The molecule has 5 nitrogen and oxygen atoms in total. The minimum absolute atomic E-state index is 0.634. The molecular formula is C48H29N5S. The quantitative estimate of drug-likeness (QED) is 0.170. The average Bonchev–Trinajstić information content (AvgIpc) is 3.24. The maximum absolute atomic E-state index is 5.31. The molecule has 0 radical (unpaired) electrons. The lowest BCUT2D eigenvalue weighted by Crippen LogP contribution is -2.16. The van der Waals surface area contributed by atoms with Crippen molar-refractivity contribution in [2.45, 2.75) is 9.79 Å². The molecule has 252 valence electrons. The summed E-state index contributed by atoms with van der Waals surface area (Å²) in [6.45, 7) is 0. The van der Waals surface area contributed by atoms with Crippen LogP contribution in [0.2, 0.25) is 0 Å². The zero-order chi connectivity index (χ0) is 35.6. The Morgan fingerprint density at radius 1 is 0.389 bits per heavy atom. The van der Waals surface area contributed by atoms with Gasteiger partial charge in [0.25, 0.3) is 0 Å². The second-order valence-electron chi connectivity index (χ2n) is 13.5. The van der Waals surface area contributed by atoms with Crippen LogP contribution >= 0.6 is 11.8 Å². The number of rotatable bonds is 4. The third-order valence-corrected chi connectivity index (χ3v) is 11.5. The topological polar surface area (TPSA) is 54.8 Å². The van der Waals surface area contributed by atoms with Crippen molar-refractivity contribution in [1.82, 2.24) is 19.9 Å². The van der Waals surface area contributed by atoms with E-state index in [0.717, 1.165) is 86.8 Å². The fraction of sp³-hybridized carbons (Fsp3) is 0. The first-order valence-corrected chi connectivity index (χ1v) is 18.8. The molecule has 0 saturated carbocycles. The van der Waals surface area contributed by atoms with E-state index in [9.17, 15) is 0 Å². The number of pyridine rings is 1. The van der Waals surface area contributed by atoms with Crippen LogP contribution in [0.4, 0.5) is 17.1 Å². The highest BCUT2D eigenvalue weighted by molar-refractivity contribution is 8.00. The van der Waals surface area contributed by atoms with Gasteiger partial charge in [0.15, 0.2) is 17.5 Å². The first-order chi connectivity index (χ1) is 26.8. The third kappa shape index (κ3) is 4.95. The summed E-state index contributed by atoms with van der Waals surface area (Å²) in [5, 5.41) is 7.90. The van der Waals surface area contributed by atoms with Gasteiger partial charge in [0.2, 0.25) is 0 Å². The predicted octanol–water partition coefficient (Wildman–Crippen LogP) is 12.8. The van der Waals surface area contributed by atoms with E-state index in [1.54, 1.807) is 11.8 Å². The SMILES string of the molecule is c1ccc2c(c1)Sc1c(-c3nc(-c4cccc5ccccc45)nc(-c4cccc5ccccc45)n3)cccc1N2c1cccc2cc3ncccc3cc12. The van der Waals surface area contributed by atoms with Crippen LogP contribution in [0.25, 0.3) is 77.4 Å². The fourth-order valence-electron chi connectivity index (χ4n) is 7.81. The molecule has 3 heterocycles. The van der Waals surface area contributed by atoms with Gasteiger partial charge in [-0.3, -0.25) is 4.98 Å². The van der Waals surface area contributed by atoms with E-state index >= 15 is 0 Å². The van der Waals surface area contributed by atoms with Gasteiger partial charge in [0.1, 0.15) is 0 Å². The molecule has 10 aromatic rings. The zero-order valence-corrected chi connectivity index (χ0v) is 29.7. The van der Waals surface area contributed by atoms with Crippen molar-refractivity contribution < 1.29 is 0 Å². The molecular weight excluding hydrogens is 679 g/mol. The molecule has 2 aromatic heterocycles. The van der Waals surface area contributed by atoms with Crippen LogP contribution in [-0.4, -0.2) is 19.9 Å². The highest BCUT2D eigenvalue weighted by Crippen LogP contribution is 2.55. The Balaban J connectivity index is 1.17. The Morgan fingerprint density at radius 3 is 1.69 bits per heavy atom. The summed E-state index contributed by atoms with van der Waals surface area (Å²) in [6.07, 6.45) is 1.85. The van der Waals surface area contributed by atoms with Crippen molar-refractivity contribution >= 4 is 72.0 Å². The zero-order valence-electron chi connectivity index (χ0n) is 28.9. The average molecular weight is 708 g/mol. The van der Waals surface area contributed by atoms with Crippen molar-refractivity contribution in [3.63, 3.8) is 0 Å². The van der Waals surface area contributed by atoms with Gasteiger partial charge < -0.3 is 4.90 Å². The summed E-state index contributed by atoms with van der Waals surface area (Å²) in [5.74, 6) is 1.92. The minimum Gasteiger partial charge on any atom is -0.308 e. The number of fused-ring (bicyclic) bond motifs is 6. The molecule has 0 atom stereocenters. The minimum atomic E-state index is 0.634. The summed E-state index contributed by atoms with van der Waals surface area (Å²) < 4.78 is 0. The van der Waals surface area contributed by atoms with Gasteiger partial charge in [-0.15, -0.1) is 0 Å². The van der Waals surface area contributed by atoms with Crippen LogP contribution in [0.15, 0.2) is 186 Å². The molecule has 0 saturated heterocycles. The van der Waals surface area contributed by atoms with Crippen LogP contribution < -0.4 is 4.90 Å². The van der Waals surface area contributed by atoms with E-state index in [1.165, 1.54) is 0 Å². The maximum atomic E-state index is 5.31.